The van der Waals surface area contributed by atoms with E-state index in [1.807, 2.05) is 32.9 Å². The summed E-state index contributed by atoms with van der Waals surface area (Å²) in [5, 5.41) is 0. The standard InChI is InChI=1S/C20H29O6P/c1-6-23-27(22,24-7-2)26-18-10-8-9-17(18)15-11-13-16(14-12-15)19(21)25-20(3,4)5/h11-14H,6-10H2,1-5H3. The molecule has 0 saturated carbocycles. The van der Waals surface area contributed by atoms with Crippen LogP contribution < -0.4 is 0 Å². The lowest BCUT2D eigenvalue weighted by Gasteiger charge is -2.20. The van der Waals surface area contributed by atoms with Crippen LogP contribution in [-0.4, -0.2) is 24.8 Å². The number of phosphoric acid groups is 1. The van der Waals surface area contributed by atoms with Gasteiger partial charge in [-0.05, 0) is 70.7 Å². The van der Waals surface area contributed by atoms with Crippen LogP contribution in [-0.2, 0) is 22.9 Å². The molecule has 27 heavy (non-hydrogen) atoms. The molecule has 0 unspecified atom stereocenters. The summed E-state index contributed by atoms with van der Waals surface area (Å²) < 4.78 is 34.2. The van der Waals surface area contributed by atoms with Crippen LogP contribution in [0.15, 0.2) is 30.0 Å². The lowest BCUT2D eigenvalue weighted by Crippen LogP contribution is -2.23. The molecule has 1 aliphatic rings. The minimum absolute atomic E-state index is 0.241. The largest absolute Gasteiger partial charge is 0.529 e. The molecule has 0 heterocycles. The summed E-state index contributed by atoms with van der Waals surface area (Å²) in [4.78, 5) is 12.2. The Morgan fingerprint density at radius 2 is 1.63 bits per heavy atom. The lowest BCUT2D eigenvalue weighted by atomic mass is 10.0. The quantitative estimate of drug-likeness (QED) is 0.412. The second kappa shape index (κ2) is 9.05. The Hall–Kier alpha value is -1.62. The van der Waals surface area contributed by atoms with Crippen molar-refractivity contribution < 1.29 is 27.7 Å². The van der Waals surface area contributed by atoms with Crippen molar-refractivity contribution in [3.63, 3.8) is 0 Å². The summed E-state index contributed by atoms with van der Waals surface area (Å²) >= 11 is 0. The molecule has 0 saturated heterocycles. The number of hydrogen-bond acceptors (Lipinski definition) is 6. The fourth-order valence-electron chi connectivity index (χ4n) is 2.81. The van der Waals surface area contributed by atoms with Crippen LogP contribution in [0.2, 0.25) is 0 Å². The highest BCUT2D eigenvalue weighted by Gasteiger charge is 2.31. The van der Waals surface area contributed by atoms with Crippen molar-refractivity contribution in [3.8, 4) is 0 Å². The van der Waals surface area contributed by atoms with E-state index in [0.29, 0.717) is 17.7 Å². The molecule has 0 spiro atoms. The van der Waals surface area contributed by atoms with E-state index in [9.17, 15) is 9.36 Å². The number of hydrogen-bond donors (Lipinski definition) is 0. The van der Waals surface area contributed by atoms with E-state index in [0.717, 1.165) is 24.0 Å². The summed E-state index contributed by atoms with van der Waals surface area (Å²) in [6.45, 7) is 9.47. The summed E-state index contributed by atoms with van der Waals surface area (Å²) in [7, 11) is -3.61. The van der Waals surface area contributed by atoms with Crippen LogP contribution in [0.1, 0.15) is 69.8 Å². The first-order valence-electron chi connectivity index (χ1n) is 9.32. The number of allylic oxidation sites excluding steroid dienone is 2. The van der Waals surface area contributed by atoms with Gasteiger partial charge in [-0.15, -0.1) is 0 Å². The summed E-state index contributed by atoms with van der Waals surface area (Å²) in [5.74, 6) is 0.272. The third kappa shape index (κ3) is 6.20. The first-order valence-corrected chi connectivity index (χ1v) is 10.8. The average Bonchev–Trinajstić information content (AvgIpc) is 3.01. The highest BCUT2D eigenvalue weighted by Crippen LogP contribution is 2.54. The molecule has 0 N–H and O–H groups in total. The Morgan fingerprint density at radius 3 is 2.15 bits per heavy atom. The van der Waals surface area contributed by atoms with Gasteiger partial charge in [-0.3, -0.25) is 9.05 Å². The van der Waals surface area contributed by atoms with E-state index in [1.165, 1.54) is 0 Å². The molecule has 0 bridgehead atoms. The molecule has 6 nitrogen and oxygen atoms in total. The van der Waals surface area contributed by atoms with Crippen LogP contribution >= 0.6 is 7.82 Å². The maximum atomic E-state index is 12.7. The third-order valence-electron chi connectivity index (χ3n) is 3.83. The van der Waals surface area contributed by atoms with E-state index in [2.05, 4.69) is 0 Å². The molecule has 0 amide bonds. The van der Waals surface area contributed by atoms with Crippen molar-refractivity contribution in [2.24, 2.45) is 0 Å². The third-order valence-corrected chi connectivity index (χ3v) is 5.42. The predicted molar refractivity (Wildman–Crippen MR) is 104 cm³/mol. The molecule has 0 aromatic heterocycles. The molecule has 150 valence electrons. The van der Waals surface area contributed by atoms with E-state index in [1.54, 1.807) is 26.0 Å². The zero-order chi connectivity index (χ0) is 20.1. The minimum atomic E-state index is -3.61. The molecule has 1 aromatic carbocycles. The van der Waals surface area contributed by atoms with Crippen LogP contribution in [0.25, 0.3) is 5.57 Å². The summed E-state index contributed by atoms with van der Waals surface area (Å²) in [6.07, 6.45) is 2.38. The van der Waals surface area contributed by atoms with Gasteiger partial charge in [0.05, 0.1) is 18.8 Å². The number of carbonyl (C=O) groups excluding carboxylic acids is 1. The van der Waals surface area contributed by atoms with Crippen molar-refractivity contribution in [1.82, 2.24) is 0 Å². The smallest absolute Gasteiger partial charge is 0.456 e. The number of phosphoric ester groups is 1. The van der Waals surface area contributed by atoms with Gasteiger partial charge in [-0.1, -0.05) is 12.1 Å². The Kier molecular flexibility index (Phi) is 7.26. The molecule has 1 aliphatic carbocycles. The normalized spacial score (nSPS) is 15.1. The van der Waals surface area contributed by atoms with Crippen LogP contribution in [0.4, 0.5) is 0 Å². The zero-order valence-electron chi connectivity index (χ0n) is 16.7. The number of benzene rings is 1. The molecule has 0 aliphatic heterocycles. The number of rotatable bonds is 8. The second-order valence-corrected chi connectivity index (χ2v) is 8.80. The Balaban J connectivity index is 2.21. The minimum Gasteiger partial charge on any atom is -0.456 e. The molecule has 0 atom stereocenters. The van der Waals surface area contributed by atoms with Crippen molar-refractivity contribution >= 4 is 19.4 Å². The van der Waals surface area contributed by atoms with E-state index in [-0.39, 0.29) is 19.2 Å². The average molecular weight is 396 g/mol. The lowest BCUT2D eigenvalue weighted by molar-refractivity contribution is 0.00694. The second-order valence-electron chi connectivity index (χ2n) is 7.21. The SMILES string of the molecule is CCOP(=O)(OCC)OC1=C(c2ccc(C(=O)OC(C)(C)C)cc2)CCC1. The Morgan fingerprint density at radius 1 is 1.04 bits per heavy atom. The van der Waals surface area contributed by atoms with Crippen LogP contribution in [0.5, 0.6) is 0 Å². The maximum Gasteiger partial charge on any atom is 0.529 e. The number of ether oxygens (including phenoxy) is 1. The molecule has 7 heteroatoms. The number of carbonyl (C=O) groups is 1. The predicted octanol–water partition coefficient (Wildman–Crippen LogP) is 5.73. The van der Waals surface area contributed by atoms with Gasteiger partial charge in [0.2, 0.25) is 0 Å². The van der Waals surface area contributed by atoms with Gasteiger partial charge >= 0.3 is 13.8 Å². The van der Waals surface area contributed by atoms with Gasteiger partial charge in [-0.25, -0.2) is 9.36 Å². The van der Waals surface area contributed by atoms with Crippen molar-refractivity contribution in [1.29, 1.82) is 0 Å². The fourth-order valence-corrected chi connectivity index (χ4v) is 4.09. The molecule has 0 radical (unpaired) electrons. The first-order chi connectivity index (χ1) is 12.7. The van der Waals surface area contributed by atoms with E-state index >= 15 is 0 Å². The maximum absolute atomic E-state index is 12.7. The van der Waals surface area contributed by atoms with E-state index < -0.39 is 13.4 Å². The Bertz CT molecular complexity index is 720. The van der Waals surface area contributed by atoms with Crippen molar-refractivity contribution in [2.75, 3.05) is 13.2 Å². The monoisotopic (exact) mass is 396 g/mol. The van der Waals surface area contributed by atoms with Gasteiger partial charge < -0.3 is 9.26 Å². The first kappa shape index (κ1) is 21.7. The van der Waals surface area contributed by atoms with Gasteiger partial charge in [0, 0.05) is 6.42 Å². The van der Waals surface area contributed by atoms with Crippen LogP contribution in [0.3, 0.4) is 0 Å². The van der Waals surface area contributed by atoms with Gasteiger partial charge in [0.1, 0.15) is 11.4 Å². The van der Waals surface area contributed by atoms with Crippen molar-refractivity contribution in [2.45, 2.75) is 59.5 Å². The molecular weight excluding hydrogens is 367 g/mol. The fraction of sp³-hybridized carbons (Fsp3) is 0.550. The molecule has 2 rings (SSSR count). The number of esters is 1. The Labute approximate surface area is 161 Å². The molecular formula is C20H29O6P. The van der Waals surface area contributed by atoms with Gasteiger partial charge in [0.15, 0.2) is 0 Å². The topological polar surface area (TPSA) is 71.1 Å². The molecule has 1 aromatic rings. The van der Waals surface area contributed by atoms with Crippen LogP contribution in [0, 0.1) is 0 Å². The summed E-state index contributed by atoms with van der Waals surface area (Å²) in [6, 6.07) is 7.18. The zero-order valence-corrected chi connectivity index (χ0v) is 17.6. The highest BCUT2D eigenvalue weighted by molar-refractivity contribution is 7.48. The highest BCUT2D eigenvalue weighted by atomic mass is 31.2. The van der Waals surface area contributed by atoms with Gasteiger partial charge in [0.25, 0.3) is 0 Å². The van der Waals surface area contributed by atoms with Gasteiger partial charge in [-0.2, -0.15) is 0 Å². The van der Waals surface area contributed by atoms with Crippen molar-refractivity contribution in [3.05, 3.63) is 41.2 Å². The molecule has 0 fully saturated rings. The van der Waals surface area contributed by atoms with E-state index in [4.69, 9.17) is 18.3 Å². The summed E-state index contributed by atoms with van der Waals surface area (Å²) in [5.41, 5.74) is 1.84.